The molecule has 3 rings (SSSR count). The van der Waals surface area contributed by atoms with Crippen molar-refractivity contribution in [3.63, 3.8) is 0 Å². The smallest absolute Gasteiger partial charge is 0.230 e. The fourth-order valence-electron chi connectivity index (χ4n) is 2.60. The second-order valence-corrected chi connectivity index (χ2v) is 6.67. The lowest BCUT2D eigenvalue weighted by molar-refractivity contribution is -0.119. The number of pyridine rings is 1. The summed E-state index contributed by atoms with van der Waals surface area (Å²) in [6.45, 7) is 0. The molecule has 126 valence electrons. The number of nitrogens with zero attached hydrogens (tertiary/aromatic N) is 1. The highest BCUT2D eigenvalue weighted by Crippen LogP contribution is 2.19. The molecule has 4 heteroatoms. The monoisotopic (exact) mass is 348 g/mol. The average molecular weight is 348 g/mol. The van der Waals surface area contributed by atoms with Crippen LogP contribution in [-0.2, 0) is 11.2 Å². The Kier molecular flexibility index (Phi) is 6.23. The minimum Gasteiger partial charge on any atom is -0.348 e. The quantitative estimate of drug-likeness (QED) is 0.648. The minimum atomic E-state index is -0.0413. The van der Waals surface area contributed by atoms with Gasteiger partial charge in [0.2, 0.25) is 5.91 Å². The molecule has 1 aromatic heterocycles. The number of rotatable bonds is 7. The molecule has 0 aliphatic heterocycles. The lowest BCUT2D eigenvalue weighted by Gasteiger charge is -2.19. The Morgan fingerprint density at radius 2 is 1.60 bits per heavy atom. The average Bonchev–Trinajstić information content (AvgIpc) is 2.68. The van der Waals surface area contributed by atoms with Crippen molar-refractivity contribution in [1.82, 2.24) is 10.3 Å². The van der Waals surface area contributed by atoms with Crippen molar-refractivity contribution in [1.29, 1.82) is 0 Å². The molecule has 0 aliphatic carbocycles. The third-order valence-corrected chi connectivity index (χ3v) is 4.75. The molecule has 1 amide bonds. The zero-order valence-electron chi connectivity index (χ0n) is 13.8. The zero-order valence-corrected chi connectivity index (χ0v) is 14.7. The van der Waals surface area contributed by atoms with Crippen LogP contribution in [0.4, 0.5) is 0 Å². The number of amides is 1. The number of hydrogen-bond donors (Lipinski definition) is 1. The fourth-order valence-corrected chi connectivity index (χ4v) is 3.27. The maximum Gasteiger partial charge on any atom is 0.230 e. The predicted molar refractivity (Wildman–Crippen MR) is 102 cm³/mol. The highest BCUT2D eigenvalue weighted by Gasteiger charge is 2.15. The first-order chi connectivity index (χ1) is 12.3. The van der Waals surface area contributed by atoms with Gasteiger partial charge in [0.25, 0.3) is 0 Å². The number of carbonyl (C=O) groups is 1. The molecule has 1 heterocycles. The third-order valence-electron chi connectivity index (χ3n) is 3.81. The van der Waals surface area contributed by atoms with E-state index in [9.17, 15) is 4.79 Å². The van der Waals surface area contributed by atoms with E-state index < -0.39 is 0 Å². The molecule has 0 saturated heterocycles. The van der Waals surface area contributed by atoms with Crippen molar-refractivity contribution in [2.24, 2.45) is 0 Å². The van der Waals surface area contributed by atoms with Gasteiger partial charge in [-0.05, 0) is 29.7 Å². The van der Waals surface area contributed by atoms with Crippen LogP contribution in [-0.4, -0.2) is 16.6 Å². The summed E-state index contributed by atoms with van der Waals surface area (Å²) >= 11 is 1.45. The second-order valence-electron chi connectivity index (χ2n) is 5.68. The van der Waals surface area contributed by atoms with Gasteiger partial charge in [-0.1, -0.05) is 78.5 Å². The van der Waals surface area contributed by atoms with Gasteiger partial charge >= 0.3 is 0 Å². The molecule has 0 spiro atoms. The van der Waals surface area contributed by atoms with E-state index in [1.807, 2.05) is 54.6 Å². The van der Waals surface area contributed by atoms with Crippen LogP contribution in [0.1, 0.15) is 17.2 Å². The third kappa shape index (κ3) is 5.47. The Morgan fingerprint density at radius 3 is 2.28 bits per heavy atom. The summed E-state index contributed by atoms with van der Waals surface area (Å²) in [4.78, 5) is 16.7. The molecule has 0 bridgehead atoms. The second kappa shape index (κ2) is 9.04. The van der Waals surface area contributed by atoms with E-state index in [2.05, 4.69) is 34.6 Å². The van der Waals surface area contributed by atoms with E-state index in [4.69, 9.17) is 0 Å². The first-order valence-corrected chi connectivity index (χ1v) is 9.22. The first kappa shape index (κ1) is 17.2. The minimum absolute atomic E-state index is 0.0143. The molecule has 2 aromatic carbocycles. The number of nitrogens with one attached hydrogen (secondary N) is 1. The van der Waals surface area contributed by atoms with Crippen LogP contribution in [0.25, 0.3) is 0 Å². The molecule has 1 N–H and O–H groups in total. The van der Waals surface area contributed by atoms with Gasteiger partial charge in [0.15, 0.2) is 0 Å². The summed E-state index contributed by atoms with van der Waals surface area (Å²) in [5, 5.41) is 4.02. The van der Waals surface area contributed by atoms with Gasteiger partial charge in [0.1, 0.15) is 0 Å². The molecular formula is C21H20N2OS. The van der Waals surface area contributed by atoms with Gasteiger partial charge in [-0.3, -0.25) is 4.79 Å². The van der Waals surface area contributed by atoms with E-state index in [1.54, 1.807) is 6.20 Å². The molecule has 3 nitrogen and oxygen atoms in total. The van der Waals surface area contributed by atoms with Crippen molar-refractivity contribution in [2.75, 3.05) is 5.75 Å². The molecule has 0 saturated carbocycles. The summed E-state index contributed by atoms with van der Waals surface area (Å²) < 4.78 is 0. The normalized spacial score (nSPS) is 11.7. The van der Waals surface area contributed by atoms with Gasteiger partial charge in [-0.25, -0.2) is 4.98 Å². The highest BCUT2D eigenvalue weighted by atomic mass is 32.2. The summed E-state index contributed by atoms with van der Waals surface area (Å²) in [7, 11) is 0. The number of carbonyl (C=O) groups excluding carboxylic acids is 1. The van der Waals surface area contributed by atoms with Gasteiger partial charge < -0.3 is 5.32 Å². The lowest BCUT2D eigenvalue weighted by atomic mass is 9.99. The van der Waals surface area contributed by atoms with Crippen LogP contribution in [0.5, 0.6) is 0 Å². The number of aromatic nitrogens is 1. The van der Waals surface area contributed by atoms with Crippen molar-refractivity contribution in [3.05, 3.63) is 96.2 Å². The van der Waals surface area contributed by atoms with E-state index in [-0.39, 0.29) is 11.9 Å². The van der Waals surface area contributed by atoms with E-state index in [0.29, 0.717) is 5.75 Å². The number of hydrogen-bond acceptors (Lipinski definition) is 3. The zero-order chi connectivity index (χ0) is 17.3. The van der Waals surface area contributed by atoms with Gasteiger partial charge in [-0.15, -0.1) is 0 Å². The molecule has 3 aromatic rings. The highest BCUT2D eigenvalue weighted by molar-refractivity contribution is 7.99. The molecule has 1 unspecified atom stereocenters. The summed E-state index contributed by atoms with van der Waals surface area (Å²) in [5.41, 5.74) is 2.32. The molecule has 0 radical (unpaired) electrons. The summed E-state index contributed by atoms with van der Waals surface area (Å²) in [6, 6.07) is 26.0. The van der Waals surface area contributed by atoms with E-state index >= 15 is 0 Å². The van der Waals surface area contributed by atoms with Crippen molar-refractivity contribution < 1.29 is 4.79 Å². The van der Waals surface area contributed by atoms with E-state index in [0.717, 1.165) is 17.0 Å². The largest absolute Gasteiger partial charge is 0.348 e. The predicted octanol–water partition coefficient (Wildman–Crippen LogP) is 4.27. The Hall–Kier alpha value is -2.59. The van der Waals surface area contributed by atoms with Crippen LogP contribution < -0.4 is 5.32 Å². The van der Waals surface area contributed by atoms with Gasteiger partial charge in [-0.2, -0.15) is 0 Å². The van der Waals surface area contributed by atoms with E-state index in [1.165, 1.54) is 17.3 Å². The standard InChI is InChI=1S/C21H20N2OS/c24-20(16-25-21-13-7-8-14-22-21)23-19(18-11-5-2-6-12-18)15-17-9-3-1-4-10-17/h1-14,19H,15-16H2,(H,23,24). The first-order valence-electron chi connectivity index (χ1n) is 8.23. The Morgan fingerprint density at radius 1 is 0.920 bits per heavy atom. The number of thioether (sulfide) groups is 1. The van der Waals surface area contributed by atoms with Crippen LogP contribution >= 0.6 is 11.8 Å². The van der Waals surface area contributed by atoms with Gasteiger partial charge in [0.05, 0.1) is 16.8 Å². The SMILES string of the molecule is O=C(CSc1ccccn1)NC(Cc1ccccc1)c1ccccc1. The van der Waals surface area contributed by atoms with Crippen LogP contribution in [0.3, 0.4) is 0 Å². The molecule has 25 heavy (non-hydrogen) atoms. The molecule has 1 atom stereocenters. The molecule has 0 fully saturated rings. The molecular weight excluding hydrogens is 328 g/mol. The lowest BCUT2D eigenvalue weighted by Crippen LogP contribution is -2.31. The Balaban J connectivity index is 1.66. The topological polar surface area (TPSA) is 42.0 Å². The maximum atomic E-state index is 12.4. The van der Waals surface area contributed by atoms with Crippen LogP contribution in [0.15, 0.2) is 90.1 Å². The number of benzene rings is 2. The Labute approximate surface area is 152 Å². The van der Waals surface area contributed by atoms with Gasteiger partial charge in [0, 0.05) is 6.20 Å². The fraction of sp³-hybridized carbons (Fsp3) is 0.143. The van der Waals surface area contributed by atoms with Crippen molar-refractivity contribution >= 4 is 17.7 Å². The summed E-state index contributed by atoms with van der Waals surface area (Å²) in [5.74, 6) is 0.371. The van der Waals surface area contributed by atoms with Crippen molar-refractivity contribution in [2.45, 2.75) is 17.5 Å². The molecule has 0 aliphatic rings. The van der Waals surface area contributed by atoms with Crippen LogP contribution in [0.2, 0.25) is 0 Å². The Bertz CT molecular complexity index is 779. The van der Waals surface area contributed by atoms with Crippen molar-refractivity contribution in [3.8, 4) is 0 Å². The maximum absolute atomic E-state index is 12.4. The summed E-state index contributed by atoms with van der Waals surface area (Å²) in [6.07, 6.45) is 2.51. The van der Waals surface area contributed by atoms with Crippen LogP contribution in [0, 0.1) is 0 Å².